The number of hydrogen-bond acceptors (Lipinski definition) is 6. The van der Waals surface area contributed by atoms with Crippen LogP contribution in [0.1, 0.15) is 16.4 Å². The van der Waals surface area contributed by atoms with Crippen LogP contribution in [0.4, 0.5) is 0 Å². The molecule has 0 aliphatic carbocycles. The number of hydrogen-bond donors (Lipinski definition) is 3. The Labute approximate surface area is 146 Å². The van der Waals surface area contributed by atoms with Gasteiger partial charge in [0.05, 0.1) is 23.9 Å². The second-order valence-corrected chi connectivity index (χ2v) is 6.32. The molecule has 0 fully saturated rings. The van der Waals surface area contributed by atoms with Crippen LogP contribution in [0, 0.1) is 6.92 Å². The zero-order chi connectivity index (χ0) is 17.8. The number of nitrogens with one attached hydrogen (secondary N) is 3. The molecule has 3 aromatic rings. The standard InChI is InChI=1S/C16H15N5O3S/c1-9-8-25-15(17-9)7-14(23)20-19-13(22)6-12-10-4-2-3-5-11(10)16(24)21-18-12/h2-5,8H,6-7H2,1H3,(H,19,22)(H,20,23)(H,21,24). The molecule has 3 rings (SSSR count). The summed E-state index contributed by atoms with van der Waals surface area (Å²) < 4.78 is 0. The Bertz CT molecular complexity index is 995. The molecule has 0 unspecified atom stereocenters. The van der Waals surface area contributed by atoms with E-state index in [1.165, 1.54) is 11.3 Å². The van der Waals surface area contributed by atoms with E-state index in [1.807, 2.05) is 12.3 Å². The minimum atomic E-state index is -0.437. The monoisotopic (exact) mass is 357 g/mol. The molecule has 2 amide bonds. The van der Waals surface area contributed by atoms with Gasteiger partial charge in [-0.25, -0.2) is 10.1 Å². The fourth-order valence-corrected chi connectivity index (χ4v) is 3.08. The summed E-state index contributed by atoms with van der Waals surface area (Å²) >= 11 is 1.39. The van der Waals surface area contributed by atoms with Crippen LogP contribution in [-0.4, -0.2) is 27.0 Å². The van der Waals surface area contributed by atoms with Gasteiger partial charge in [0, 0.05) is 16.5 Å². The molecule has 0 aliphatic rings. The molecule has 0 saturated heterocycles. The molecule has 0 atom stereocenters. The van der Waals surface area contributed by atoms with Crippen molar-refractivity contribution < 1.29 is 9.59 Å². The number of carbonyl (C=O) groups is 2. The fraction of sp³-hybridized carbons (Fsp3) is 0.188. The van der Waals surface area contributed by atoms with Gasteiger partial charge in [0.15, 0.2) is 0 Å². The Morgan fingerprint density at radius 2 is 1.80 bits per heavy atom. The van der Waals surface area contributed by atoms with Gasteiger partial charge < -0.3 is 0 Å². The van der Waals surface area contributed by atoms with Crippen LogP contribution < -0.4 is 16.4 Å². The summed E-state index contributed by atoms with van der Waals surface area (Å²) in [4.78, 5) is 39.8. The third kappa shape index (κ3) is 4.07. The quantitative estimate of drug-likeness (QED) is 0.592. The van der Waals surface area contributed by atoms with Crippen molar-refractivity contribution in [2.45, 2.75) is 19.8 Å². The van der Waals surface area contributed by atoms with Gasteiger partial charge in [-0.3, -0.25) is 25.2 Å². The summed E-state index contributed by atoms with van der Waals surface area (Å²) in [6, 6.07) is 6.89. The third-order valence-electron chi connectivity index (χ3n) is 3.42. The number of H-pyrrole nitrogens is 1. The normalized spacial score (nSPS) is 10.6. The third-order valence-corrected chi connectivity index (χ3v) is 4.39. The first-order valence-corrected chi connectivity index (χ1v) is 8.36. The van der Waals surface area contributed by atoms with E-state index in [2.05, 4.69) is 26.0 Å². The van der Waals surface area contributed by atoms with Gasteiger partial charge in [-0.2, -0.15) is 5.10 Å². The van der Waals surface area contributed by atoms with Gasteiger partial charge in [0.25, 0.3) is 5.56 Å². The maximum Gasteiger partial charge on any atom is 0.272 e. The van der Waals surface area contributed by atoms with E-state index in [4.69, 9.17) is 0 Å². The van der Waals surface area contributed by atoms with E-state index in [0.29, 0.717) is 21.5 Å². The van der Waals surface area contributed by atoms with E-state index in [-0.39, 0.29) is 24.3 Å². The number of benzene rings is 1. The fourth-order valence-electron chi connectivity index (χ4n) is 2.31. The first kappa shape index (κ1) is 16.8. The van der Waals surface area contributed by atoms with E-state index in [0.717, 1.165) is 5.69 Å². The number of fused-ring (bicyclic) bond motifs is 1. The number of hydrazine groups is 1. The topological polar surface area (TPSA) is 117 Å². The second kappa shape index (κ2) is 7.22. The lowest BCUT2D eigenvalue weighted by Crippen LogP contribution is -2.43. The van der Waals surface area contributed by atoms with Crippen molar-refractivity contribution in [1.29, 1.82) is 0 Å². The predicted octanol–water partition coefficient (Wildman–Crippen LogP) is 0.621. The molecule has 2 aromatic heterocycles. The highest BCUT2D eigenvalue weighted by atomic mass is 32.1. The average molecular weight is 357 g/mol. The molecule has 2 heterocycles. The van der Waals surface area contributed by atoms with Crippen molar-refractivity contribution in [1.82, 2.24) is 26.0 Å². The van der Waals surface area contributed by atoms with E-state index < -0.39 is 5.91 Å². The molecule has 25 heavy (non-hydrogen) atoms. The summed E-state index contributed by atoms with van der Waals surface area (Å²) in [6.07, 6.45) is 0.0204. The number of nitrogens with zero attached hydrogens (tertiary/aromatic N) is 2. The van der Waals surface area contributed by atoms with Crippen molar-refractivity contribution >= 4 is 33.9 Å². The van der Waals surface area contributed by atoms with E-state index in [1.54, 1.807) is 24.3 Å². The summed E-state index contributed by atoms with van der Waals surface area (Å²) in [5.74, 6) is -0.796. The highest BCUT2D eigenvalue weighted by Crippen LogP contribution is 2.12. The molecule has 0 bridgehead atoms. The molecule has 0 radical (unpaired) electrons. The molecule has 128 valence electrons. The molecule has 0 spiro atoms. The van der Waals surface area contributed by atoms with Gasteiger partial charge in [-0.1, -0.05) is 18.2 Å². The summed E-state index contributed by atoms with van der Waals surface area (Å²) in [5, 5.41) is 9.89. The second-order valence-electron chi connectivity index (χ2n) is 5.38. The molecule has 3 N–H and O–H groups in total. The van der Waals surface area contributed by atoms with Crippen molar-refractivity contribution in [3.05, 3.63) is 56.4 Å². The minimum Gasteiger partial charge on any atom is -0.273 e. The Kier molecular flexibility index (Phi) is 4.85. The van der Waals surface area contributed by atoms with Gasteiger partial charge in [0.2, 0.25) is 11.8 Å². The molecule has 0 saturated carbocycles. The highest BCUT2D eigenvalue weighted by molar-refractivity contribution is 7.09. The number of carbonyl (C=O) groups excluding carboxylic acids is 2. The van der Waals surface area contributed by atoms with Gasteiger partial charge >= 0.3 is 0 Å². The molecule has 0 aliphatic heterocycles. The Balaban J connectivity index is 1.60. The molecule has 9 heteroatoms. The lowest BCUT2D eigenvalue weighted by Gasteiger charge is -2.07. The minimum absolute atomic E-state index is 0.0755. The summed E-state index contributed by atoms with van der Waals surface area (Å²) in [7, 11) is 0. The molecular formula is C16H15N5O3S. The molecule has 1 aromatic carbocycles. The van der Waals surface area contributed by atoms with Crippen LogP contribution in [-0.2, 0) is 22.4 Å². The van der Waals surface area contributed by atoms with Crippen molar-refractivity contribution in [3.63, 3.8) is 0 Å². The van der Waals surface area contributed by atoms with Crippen LogP contribution in [0.15, 0.2) is 34.4 Å². The van der Waals surface area contributed by atoms with E-state index >= 15 is 0 Å². The van der Waals surface area contributed by atoms with Gasteiger partial charge in [-0.15, -0.1) is 11.3 Å². The van der Waals surface area contributed by atoms with Gasteiger partial charge in [-0.05, 0) is 13.0 Å². The smallest absolute Gasteiger partial charge is 0.272 e. The van der Waals surface area contributed by atoms with Crippen LogP contribution in [0.25, 0.3) is 10.8 Å². The largest absolute Gasteiger partial charge is 0.273 e. The van der Waals surface area contributed by atoms with Crippen LogP contribution in [0.5, 0.6) is 0 Å². The van der Waals surface area contributed by atoms with Crippen molar-refractivity contribution in [2.75, 3.05) is 0 Å². The highest BCUT2D eigenvalue weighted by Gasteiger charge is 2.12. The maximum absolute atomic E-state index is 12.0. The molecular weight excluding hydrogens is 342 g/mol. The SMILES string of the molecule is Cc1csc(CC(=O)NNC(=O)Cc2n[nH]c(=O)c3ccccc23)n1. The zero-order valence-electron chi connectivity index (χ0n) is 13.3. The number of amides is 2. The van der Waals surface area contributed by atoms with Crippen molar-refractivity contribution in [3.8, 4) is 0 Å². The summed E-state index contributed by atoms with van der Waals surface area (Å²) in [5.41, 5.74) is 5.66. The molecule has 8 nitrogen and oxygen atoms in total. The number of thiazole rings is 1. The maximum atomic E-state index is 12.0. The predicted molar refractivity (Wildman–Crippen MR) is 92.9 cm³/mol. The number of aromatic nitrogens is 3. The average Bonchev–Trinajstić information content (AvgIpc) is 3.01. The van der Waals surface area contributed by atoms with Crippen LogP contribution >= 0.6 is 11.3 Å². The number of aromatic amines is 1. The van der Waals surface area contributed by atoms with E-state index in [9.17, 15) is 14.4 Å². The number of aryl methyl sites for hydroxylation is 1. The van der Waals surface area contributed by atoms with Gasteiger partial charge in [0.1, 0.15) is 5.01 Å². The lowest BCUT2D eigenvalue weighted by atomic mass is 10.1. The summed E-state index contributed by atoms with van der Waals surface area (Å²) in [6.45, 7) is 1.85. The first-order valence-electron chi connectivity index (χ1n) is 7.48. The van der Waals surface area contributed by atoms with Crippen molar-refractivity contribution in [2.24, 2.45) is 0 Å². The number of rotatable bonds is 4. The lowest BCUT2D eigenvalue weighted by molar-refractivity contribution is -0.128. The Morgan fingerprint density at radius 3 is 2.48 bits per heavy atom. The van der Waals surface area contributed by atoms with Crippen LogP contribution in [0.2, 0.25) is 0 Å². The Morgan fingerprint density at radius 1 is 1.12 bits per heavy atom. The first-order chi connectivity index (χ1) is 12.0. The Hall–Kier alpha value is -3.07. The van der Waals surface area contributed by atoms with Crippen LogP contribution in [0.3, 0.4) is 0 Å². The zero-order valence-corrected chi connectivity index (χ0v) is 14.1.